The van der Waals surface area contributed by atoms with Crippen molar-refractivity contribution in [2.75, 3.05) is 13.2 Å². The van der Waals surface area contributed by atoms with E-state index >= 15 is 0 Å². The number of fused-ring (bicyclic) bond motifs is 1. The Morgan fingerprint density at radius 3 is 2.95 bits per heavy atom. The van der Waals surface area contributed by atoms with Crippen molar-refractivity contribution in [1.82, 2.24) is 5.32 Å². The largest absolute Gasteiger partial charge is 0.486 e. The molecule has 1 aromatic heterocycles. The van der Waals surface area contributed by atoms with Gasteiger partial charge in [0.25, 0.3) is 0 Å². The van der Waals surface area contributed by atoms with Crippen LogP contribution in [-0.2, 0) is 6.54 Å². The summed E-state index contributed by atoms with van der Waals surface area (Å²) in [5.41, 5.74) is 1.05. The summed E-state index contributed by atoms with van der Waals surface area (Å²) < 4.78 is 16.4. The SMILES string of the molecule is CC(NCc1cc(Cl)c2c(c1)OCCO2)c1ccco1. The molecule has 4 nitrogen and oxygen atoms in total. The summed E-state index contributed by atoms with van der Waals surface area (Å²) in [5, 5.41) is 3.97. The summed E-state index contributed by atoms with van der Waals surface area (Å²) in [5.74, 6) is 2.26. The van der Waals surface area contributed by atoms with E-state index in [-0.39, 0.29) is 6.04 Å². The number of benzene rings is 1. The van der Waals surface area contributed by atoms with E-state index in [1.165, 1.54) is 0 Å². The molecule has 0 bridgehead atoms. The summed E-state index contributed by atoms with van der Waals surface area (Å²) in [6.07, 6.45) is 1.68. The van der Waals surface area contributed by atoms with E-state index in [9.17, 15) is 0 Å². The molecule has 3 rings (SSSR count). The zero-order valence-corrected chi connectivity index (χ0v) is 11.9. The maximum atomic E-state index is 6.21. The highest BCUT2D eigenvalue weighted by Crippen LogP contribution is 2.38. The van der Waals surface area contributed by atoms with Crippen molar-refractivity contribution in [2.24, 2.45) is 0 Å². The summed E-state index contributed by atoms with van der Waals surface area (Å²) in [6, 6.07) is 7.83. The van der Waals surface area contributed by atoms with Crippen LogP contribution in [0.3, 0.4) is 0 Å². The van der Waals surface area contributed by atoms with Crippen molar-refractivity contribution < 1.29 is 13.9 Å². The maximum Gasteiger partial charge on any atom is 0.179 e. The molecule has 0 aliphatic carbocycles. The van der Waals surface area contributed by atoms with Crippen molar-refractivity contribution in [3.05, 3.63) is 46.9 Å². The summed E-state index contributed by atoms with van der Waals surface area (Å²) >= 11 is 6.21. The molecule has 0 spiro atoms. The molecule has 5 heteroatoms. The molecule has 0 saturated carbocycles. The lowest BCUT2D eigenvalue weighted by atomic mass is 10.1. The number of halogens is 1. The van der Waals surface area contributed by atoms with Crippen LogP contribution < -0.4 is 14.8 Å². The van der Waals surface area contributed by atoms with Crippen LogP contribution in [0.15, 0.2) is 34.9 Å². The normalized spacial score (nSPS) is 15.1. The number of ether oxygens (including phenoxy) is 2. The quantitative estimate of drug-likeness (QED) is 0.936. The third-order valence-electron chi connectivity index (χ3n) is 3.24. The molecule has 20 heavy (non-hydrogen) atoms. The van der Waals surface area contributed by atoms with Gasteiger partial charge in [0.1, 0.15) is 19.0 Å². The minimum Gasteiger partial charge on any atom is -0.486 e. The number of rotatable bonds is 4. The summed E-state index contributed by atoms with van der Waals surface area (Å²) in [7, 11) is 0. The number of hydrogen-bond donors (Lipinski definition) is 1. The fourth-order valence-corrected chi connectivity index (χ4v) is 2.46. The number of hydrogen-bond acceptors (Lipinski definition) is 4. The molecule has 1 aromatic carbocycles. The highest BCUT2D eigenvalue weighted by atomic mass is 35.5. The Morgan fingerprint density at radius 1 is 1.30 bits per heavy atom. The van der Waals surface area contributed by atoms with Gasteiger partial charge >= 0.3 is 0 Å². The van der Waals surface area contributed by atoms with Gasteiger partial charge in [-0.15, -0.1) is 0 Å². The van der Waals surface area contributed by atoms with Crippen LogP contribution in [0.4, 0.5) is 0 Å². The van der Waals surface area contributed by atoms with Gasteiger partial charge in [-0.1, -0.05) is 11.6 Å². The minimum atomic E-state index is 0.136. The summed E-state index contributed by atoms with van der Waals surface area (Å²) in [6.45, 7) is 3.83. The van der Waals surface area contributed by atoms with E-state index in [1.54, 1.807) is 6.26 Å². The number of furan rings is 1. The van der Waals surface area contributed by atoms with Crippen LogP contribution in [0, 0.1) is 0 Å². The monoisotopic (exact) mass is 293 g/mol. The standard InChI is InChI=1S/C15H16ClNO3/c1-10(13-3-2-4-18-13)17-9-11-7-12(16)15-14(8-11)19-5-6-20-15/h2-4,7-8,10,17H,5-6,9H2,1H3. The van der Waals surface area contributed by atoms with Crippen LogP contribution in [-0.4, -0.2) is 13.2 Å². The van der Waals surface area contributed by atoms with Gasteiger partial charge in [-0.25, -0.2) is 0 Å². The highest BCUT2D eigenvalue weighted by molar-refractivity contribution is 6.32. The lowest BCUT2D eigenvalue weighted by molar-refractivity contribution is 0.171. The Hall–Kier alpha value is -1.65. The molecule has 2 heterocycles. The molecular weight excluding hydrogens is 278 g/mol. The van der Waals surface area contributed by atoms with Gasteiger partial charge in [-0.2, -0.15) is 0 Å². The van der Waals surface area contributed by atoms with Gasteiger partial charge in [-0.3, -0.25) is 0 Å². The Kier molecular flexibility index (Phi) is 3.85. The second kappa shape index (κ2) is 5.77. The molecule has 1 N–H and O–H groups in total. The van der Waals surface area contributed by atoms with Crippen molar-refractivity contribution in [3.63, 3.8) is 0 Å². The fourth-order valence-electron chi connectivity index (χ4n) is 2.18. The minimum absolute atomic E-state index is 0.136. The Balaban J connectivity index is 1.70. The highest BCUT2D eigenvalue weighted by Gasteiger charge is 2.17. The summed E-state index contributed by atoms with van der Waals surface area (Å²) in [4.78, 5) is 0. The van der Waals surface area contributed by atoms with E-state index in [2.05, 4.69) is 12.2 Å². The Labute approximate surface area is 122 Å². The average molecular weight is 294 g/mol. The zero-order valence-electron chi connectivity index (χ0n) is 11.2. The lowest BCUT2D eigenvalue weighted by Crippen LogP contribution is -2.19. The first-order valence-electron chi connectivity index (χ1n) is 6.59. The zero-order chi connectivity index (χ0) is 13.9. The smallest absolute Gasteiger partial charge is 0.179 e. The van der Waals surface area contributed by atoms with E-state index in [0.717, 1.165) is 11.3 Å². The first kappa shape index (κ1) is 13.3. The molecule has 0 fully saturated rings. The Bertz CT molecular complexity index is 583. The predicted octanol–water partition coefficient (Wildman–Crippen LogP) is 3.56. The first-order valence-corrected chi connectivity index (χ1v) is 6.96. The molecule has 1 aliphatic heterocycles. The molecule has 2 aromatic rings. The van der Waals surface area contributed by atoms with Crippen LogP contribution in [0.5, 0.6) is 11.5 Å². The molecule has 106 valence electrons. The third kappa shape index (κ3) is 2.76. The van der Waals surface area contributed by atoms with Crippen molar-refractivity contribution >= 4 is 11.6 Å². The Morgan fingerprint density at radius 2 is 2.15 bits per heavy atom. The van der Waals surface area contributed by atoms with E-state index in [4.69, 9.17) is 25.5 Å². The van der Waals surface area contributed by atoms with Crippen molar-refractivity contribution in [1.29, 1.82) is 0 Å². The number of nitrogens with one attached hydrogen (secondary N) is 1. The van der Waals surface area contributed by atoms with Gasteiger partial charge in [0.15, 0.2) is 11.5 Å². The van der Waals surface area contributed by atoms with Crippen molar-refractivity contribution in [2.45, 2.75) is 19.5 Å². The van der Waals surface area contributed by atoms with Crippen LogP contribution in [0.2, 0.25) is 5.02 Å². The van der Waals surface area contributed by atoms with Gasteiger partial charge in [0, 0.05) is 6.54 Å². The van der Waals surface area contributed by atoms with Crippen LogP contribution in [0.25, 0.3) is 0 Å². The predicted molar refractivity (Wildman–Crippen MR) is 76.4 cm³/mol. The van der Waals surface area contributed by atoms with E-state index in [1.807, 2.05) is 24.3 Å². The molecule has 0 radical (unpaired) electrons. The molecule has 0 amide bonds. The average Bonchev–Trinajstić information content (AvgIpc) is 2.99. The third-order valence-corrected chi connectivity index (χ3v) is 3.52. The fraction of sp³-hybridized carbons (Fsp3) is 0.333. The van der Waals surface area contributed by atoms with Gasteiger partial charge in [-0.05, 0) is 36.8 Å². The first-order chi connectivity index (χ1) is 9.74. The van der Waals surface area contributed by atoms with E-state index < -0.39 is 0 Å². The van der Waals surface area contributed by atoms with Gasteiger partial charge in [0.2, 0.25) is 0 Å². The van der Waals surface area contributed by atoms with Crippen LogP contribution >= 0.6 is 11.6 Å². The van der Waals surface area contributed by atoms with E-state index in [0.29, 0.717) is 36.3 Å². The molecule has 0 saturated heterocycles. The van der Waals surface area contributed by atoms with Gasteiger partial charge in [0.05, 0.1) is 17.3 Å². The topological polar surface area (TPSA) is 43.6 Å². The molecule has 1 unspecified atom stereocenters. The maximum absolute atomic E-state index is 6.21. The molecule has 1 aliphatic rings. The second-order valence-electron chi connectivity index (χ2n) is 4.72. The van der Waals surface area contributed by atoms with Gasteiger partial charge < -0.3 is 19.2 Å². The lowest BCUT2D eigenvalue weighted by Gasteiger charge is -2.20. The van der Waals surface area contributed by atoms with Crippen LogP contribution in [0.1, 0.15) is 24.3 Å². The van der Waals surface area contributed by atoms with Crippen molar-refractivity contribution in [3.8, 4) is 11.5 Å². The second-order valence-corrected chi connectivity index (χ2v) is 5.13. The molecular formula is C15H16ClNO3. The molecule has 1 atom stereocenters.